The molecule has 2 atom stereocenters. The van der Waals surface area contributed by atoms with E-state index in [-0.39, 0.29) is 12.3 Å². The first-order chi connectivity index (χ1) is 9.50. The van der Waals surface area contributed by atoms with Crippen LogP contribution in [0.4, 0.5) is 0 Å². The summed E-state index contributed by atoms with van der Waals surface area (Å²) in [6, 6.07) is 2.95. The molecule has 0 saturated carbocycles. The Hall–Kier alpha value is -1.82. The number of furan rings is 1. The third-order valence-electron chi connectivity index (χ3n) is 3.65. The topological polar surface area (TPSA) is 74.0 Å². The lowest BCUT2D eigenvalue weighted by Gasteiger charge is -2.38. The van der Waals surface area contributed by atoms with Gasteiger partial charge in [0, 0.05) is 19.5 Å². The van der Waals surface area contributed by atoms with Gasteiger partial charge in [-0.15, -0.1) is 0 Å². The van der Waals surface area contributed by atoms with E-state index < -0.39 is 17.9 Å². The highest BCUT2D eigenvalue weighted by Crippen LogP contribution is 2.36. The van der Waals surface area contributed by atoms with Crippen molar-refractivity contribution < 1.29 is 19.1 Å². The number of hydrogen-bond acceptors (Lipinski definition) is 4. The maximum absolute atomic E-state index is 12.2. The number of carbonyl (C=O) groups is 2. The Labute approximate surface area is 118 Å². The van der Waals surface area contributed by atoms with Crippen molar-refractivity contribution in [3.63, 3.8) is 0 Å². The van der Waals surface area contributed by atoms with E-state index in [4.69, 9.17) is 4.42 Å². The molecule has 1 aliphatic heterocycles. The number of carboxylic acid groups (broad SMARTS) is 1. The lowest BCUT2D eigenvalue weighted by atomic mass is 9.87. The summed E-state index contributed by atoms with van der Waals surface area (Å²) in [5.74, 6) is -0.954. The zero-order chi connectivity index (χ0) is 14.7. The van der Waals surface area contributed by atoms with Crippen LogP contribution in [0.3, 0.4) is 0 Å². The number of piperidine rings is 1. The Bertz CT molecular complexity index is 470. The number of amides is 1. The fourth-order valence-corrected chi connectivity index (χ4v) is 2.59. The third kappa shape index (κ3) is 3.01. The second kappa shape index (κ2) is 6.09. The summed E-state index contributed by atoms with van der Waals surface area (Å²) in [7, 11) is 3.84. The molecule has 1 saturated heterocycles. The molecule has 0 aliphatic carbocycles. The molecular weight excluding hydrogens is 260 g/mol. The maximum atomic E-state index is 12.2. The molecule has 20 heavy (non-hydrogen) atoms. The van der Waals surface area contributed by atoms with Crippen LogP contribution in [0.2, 0.25) is 0 Å². The zero-order valence-electron chi connectivity index (χ0n) is 11.8. The van der Waals surface area contributed by atoms with Crippen molar-refractivity contribution in [2.24, 2.45) is 5.92 Å². The highest BCUT2D eigenvalue weighted by atomic mass is 16.4. The smallest absolute Gasteiger partial charge is 0.309 e. The SMILES string of the molecule is CN(C)CCN1C(=O)CCC(C(=O)O)C1c1ccco1. The van der Waals surface area contributed by atoms with E-state index in [1.165, 1.54) is 6.26 Å². The van der Waals surface area contributed by atoms with Crippen LogP contribution < -0.4 is 0 Å². The van der Waals surface area contributed by atoms with Crippen molar-refractivity contribution in [3.05, 3.63) is 24.2 Å². The number of carboxylic acids is 1. The average Bonchev–Trinajstić information content (AvgIpc) is 2.89. The summed E-state index contributed by atoms with van der Waals surface area (Å²) in [4.78, 5) is 27.2. The molecule has 2 heterocycles. The number of hydrogen-bond donors (Lipinski definition) is 1. The molecule has 6 nitrogen and oxygen atoms in total. The predicted molar refractivity (Wildman–Crippen MR) is 72.1 cm³/mol. The van der Waals surface area contributed by atoms with Crippen LogP contribution in [0, 0.1) is 5.92 Å². The first-order valence-corrected chi connectivity index (χ1v) is 6.71. The van der Waals surface area contributed by atoms with Gasteiger partial charge < -0.3 is 19.3 Å². The Morgan fingerprint density at radius 1 is 1.55 bits per heavy atom. The van der Waals surface area contributed by atoms with Crippen LogP contribution in [-0.2, 0) is 9.59 Å². The second-order valence-corrected chi connectivity index (χ2v) is 5.33. The van der Waals surface area contributed by atoms with E-state index in [1.807, 2.05) is 19.0 Å². The molecule has 1 aromatic heterocycles. The minimum Gasteiger partial charge on any atom is -0.481 e. The van der Waals surface area contributed by atoms with Gasteiger partial charge in [-0.05, 0) is 32.6 Å². The highest BCUT2D eigenvalue weighted by Gasteiger charge is 2.41. The normalized spacial score (nSPS) is 23.4. The molecule has 1 aromatic rings. The number of nitrogens with zero attached hydrogens (tertiary/aromatic N) is 2. The van der Waals surface area contributed by atoms with Gasteiger partial charge >= 0.3 is 5.97 Å². The lowest BCUT2D eigenvalue weighted by Crippen LogP contribution is -2.47. The van der Waals surface area contributed by atoms with Gasteiger partial charge in [-0.1, -0.05) is 0 Å². The van der Waals surface area contributed by atoms with Gasteiger partial charge in [0.15, 0.2) is 0 Å². The fraction of sp³-hybridized carbons (Fsp3) is 0.571. The van der Waals surface area contributed by atoms with E-state index in [0.29, 0.717) is 25.3 Å². The summed E-state index contributed by atoms with van der Waals surface area (Å²) < 4.78 is 5.37. The molecule has 1 fully saturated rings. The molecule has 1 amide bonds. The van der Waals surface area contributed by atoms with Crippen molar-refractivity contribution in [2.75, 3.05) is 27.2 Å². The first-order valence-electron chi connectivity index (χ1n) is 6.71. The van der Waals surface area contributed by atoms with Gasteiger partial charge in [-0.2, -0.15) is 0 Å². The summed E-state index contributed by atoms with van der Waals surface area (Å²) in [5, 5.41) is 9.40. The standard InChI is InChI=1S/C14H20N2O4/c1-15(2)7-8-16-12(17)6-5-10(14(18)19)13(16)11-4-3-9-20-11/h3-4,9-10,13H,5-8H2,1-2H3,(H,18,19). The van der Waals surface area contributed by atoms with Gasteiger partial charge in [0.05, 0.1) is 12.2 Å². The largest absolute Gasteiger partial charge is 0.481 e. The van der Waals surface area contributed by atoms with Crippen LogP contribution in [-0.4, -0.2) is 54.0 Å². The Morgan fingerprint density at radius 2 is 2.30 bits per heavy atom. The van der Waals surface area contributed by atoms with E-state index in [2.05, 4.69) is 0 Å². The minimum absolute atomic E-state index is 0.00856. The zero-order valence-corrected chi connectivity index (χ0v) is 11.8. The third-order valence-corrected chi connectivity index (χ3v) is 3.65. The molecule has 0 aromatic carbocycles. The van der Waals surface area contributed by atoms with E-state index in [1.54, 1.807) is 17.0 Å². The molecule has 1 N–H and O–H groups in total. The van der Waals surface area contributed by atoms with E-state index in [9.17, 15) is 14.7 Å². The molecule has 2 rings (SSSR count). The van der Waals surface area contributed by atoms with Gasteiger partial charge in [-0.3, -0.25) is 9.59 Å². The Balaban J connectivity index is 2.27. The van der Waals surface area contributed by atoms with Crippen molar-refractivity contribution in [2.45, 2.75) is 18.9 Å². The van der Waals surface area contributed by atoms with E-state index in [0.717, 1.165) is 0 Å². The van der Waals surface area contributed by atoms with Crippen molar-refractivity contribution in [1.29, 1.82) is 0 Å². The average molecular weight is 280 g/mol. The van der Waals surface area contributed by atoms with Crippen molar-refractivity contribution >= 4 is 11.9 Å². The minimum atomic E-state index is -0.881. The molecule has 0 bridgehead atoms. The number of likely N-dealkylation sites (tertiary alicyclic amines) is 1. The van der Waals surface area contributed by atoms with Gasteiger partial charge in [0.25, 0.3) is 0 Å². The lowest BCUT2D eigenvalue weighted by molar-refractivity contribution is -0.152. The maximum Gasteiger partial charge on any atom is 0.309 e. The van der Waals surface area contributed by atoms with Gasteiger partial charge in [0.2, 0.25) is 5.91 Å². The summed E-state index contributed by atoms with van der Waals surface area (Å²) in [6.07, 6.45) is 2.15. The van der Waals surface area contributed by atoms with Crippen molar-refractivity contribution in [1.82, 2.24) is 9.80 Å². The second-order valence-electron chi connectivity index (χ2n) is 5.33. The molecule has 6 heteroatoms. The molecule has 0 spiro atoms. The molecule has 1 aliphatic rings. The number of aliphatic carboxylic acids is 1. The summed E-state index contributed by atoms with van der Waals surface area (Å²) >= 11 is 0. The quantitative estimate of drug-likeness (QED) is 0.877. The summed E-state index contributed by atoms with van der Waals surface area (Å²) in [6.45, 7) is 1.19. The number of carbonyl (C=O) groups excluding carboxylic acids is 1. The predicted octanol–water partition coefficient (Wildman–Crippen LogP) is 1.21. The number of likely N-dealkylation sites (N-methyl/N-ethyl adjacent to an activating group) is 1. The van der Waals surface area contributed by atoms with Crippen molar-refractivity contribution in [3.8, 4) is 0 Å². The van der Waals surface area contributed by atoms with Crippen LogP contribution in [0.25, 0.3) is 0 Å². The molecule has 2 unspecified atom stereocenters. The van der Waals surface area contributed by atoms with E-state index >= 15 is 0 Å². The van der Waals surface area contributed by atoms with Crippen LogP contribution >= 0.6 is 0 Å². The van der Waals surface area contributed by atoms with Crippen LogP contribution in [0.15, 0.2) is 22.8 Å². The van der Waals surface area contributed by atoms with Gasteiger partial charge in [0.1, 0.15) is 11.8 Å². The Morgan fingerprint density at radius 3 is 2.85 bits per heavy atom. The monoisotopic (exact) mass is 280 g/mol. The first kappa shape index (κ1) is 14.6. The fourth-order valence-electron chi connectivity index (χ4n) is 2.59. The number of rotatable bonds is 5. The Kier molecular flexibility index (Phi) is 4.44. The highest BCUT2D eigenvalue weighted by molar-refractivity contribution is 5.81. The van der Waals surface area contributed by atoms with Crippen LogP contribution in [0.1, 0.15) is 24.6 Å². The molecular formula is C14H20N2O4. The molecule has 110 valence electrons. The summed E-state index contributed by atoms with van der Waals surface area (Å²) in [5.41, 5.74) is 0. The van der Waals surface area contributed by atoms with Gasteiger partial charge in [-0.25, -0.2) is 0 Å². The molecule has 0 radical (unpaired) electrons. The van der Waals surface area contributed by atoms with Crippen LogP contribution in [0.5, 0.6) is 0 Å².